The molecule has 0 aliphatic rings. The third-order valence-corrected chi connectivity index (χ3v) is 3.91. The second kappa shape index (κ2) is 5.60. The first-order valence-corrected chi connectivity index (χ1v) is 6.84. The van der Waals surface area contributed by atoms with Crippen molar-refractivity contribution in [1.29, 1.82) is 0 Å². The number of aliphatic carboxylic acids is 1. The number of nitrogens with zero attached hydrogens (tertiary/aromatic N) is 2. The number of fused-ring (bicyclic) bond motifs is 1. The lowest BCUT2D eigenvalue weighted by atomic mass is 10.0. The lowest BCUT2D eigenvalue weighted by Crippen LogP contribution is -2.19. The normalized spacial score (nSPS) is 10.9. The van der Waals surface area contributed by atoms with E-state index in [0.29, 0.717) is 10.9 Å². The summed E-state index contributed by atoms with van der Waals surface area (Å²) in [6.45, 7) is 1.86. The second-order valence-electron chi connectivity index (χ2n) is 5.44. The molecular weight excluding hydrogens is 268 g/mol. The van der Waals surface area contributed by atoms with Gasteiger partial charge in [-0.15, -0.1) is 0 Å². The Labute approximate surface area is 123 Å². The van der Waals surface area contributed by atoms with E-state index in [2.05, 4.69) is 0 Å². The molecule has 5 heteroatoms. The van der Waals surface area contributed by atoms with E-state index in [1.807, 2.05) is 55.7 Å². The van der Waals surface area contributed by atoms with Crippen molar-refractivity contribution in [1.82, 2.24) is 4.57 Å². The Morgan fingerprint density at radius 2 is 2.00 bits per heavy atom. The highest BCUT2D eigenvalue weighted by Crippen LogP contribution is 2.21. The van der Waals surface area contributed by atoms with E-state index in [-0.39, 0.29) is 18.3 Å². The van der Waals surface area contributed by atoms with Crippen LogP contribution in [0, 0.1) is 6.92 Å². The van der Waals surface area contributed by atoms with Crippen molar-refractivity contribution < 1.29 is 9.90 Å². The van der Waals surface area contributed by atoms with Gasteiger partial charge in [0.15, 0.2) is 5.43 Å². The fourth-order valence-electron chi connectivity index (χ4n) is 2.51. The van der Waals surface area contributed by atoms with Crippen LogP contribution in [0.15, 0.2) is 23.0 Å². The monoisotopic (exact) mass is 288 g/mol. The summed E-state index contributed by atoms with van der Waals surface area (Å²) in [6, 6.07) is 5.76. The van der Waals surface area contributed by atoms with E-state index in [4.69, 9.17) is 5.11 Å². The first kappa shape index (κ1) is 15.1. The molecule has 1 N–H and O–H groups in total. The van der Waals surface area contributed by atoms with Gasteiger partial charge in [-0.25, -0.2) is 0 Å². The molecule has 2 rings (SSSR count). The minimum Gasteiger partial charge on any atom is -0.481 e. The van der Waals surface area contributed by atoms with Gasteiger partial charge in [0.25, 0.3) is 0 Å². The Bertz CT molecular complexity index is 760. The van der Waals surface area contributed by atoms with E-state index in [9.17, 15) is 9.59 Å². The summed E-state index contributed by atoms with van der Waals surface area (Å²) in [5, 5.41) is 9.47. The van der Waals surface area contributed by atoms with Crippen LogP contribution in [-0.4, -0.2) is 29.7 Å². The van der Waals surface area contributed by atoms with Crippen LogP contribution in [0.4, 0.5) is 5.69 Å². The maximum absolute atomic E-state index is 12.7. The predicted octanol–water partition coefficient (Wildman–Crippen LogP) is 1.93. The van der Waals surface area contributed by atoms with Crippen molar-refractivity contribution in [2.24, 2.45) is 7.05 Å². The van der Waals surface area contributed by atoms with Gasteiger partial charge in [-0.2, -0.15) is 0 Å². The molecule has 1 aromatic heterocycles. The average molecular weight is 288 g/mol. The summed E-state index contributed by atoms with van der Waals surface area (Å²) in [5.74, 6) is -0.890. The van der Waals surface area contributed by atoms with Crippen LogP contribution in [0.2, 0.25) is 0 Å². The molecule has 0 unspecified atom stereocenters. The van der Waals surface area contributed by atoms with Gasteiger partial charge in [0.2, 0.25) is 0 Å². The third kappa shape index (κ3) is 2.77. The Hall–Kier alpha value is -2.30. The summed E-state index contributed by atoms with van der Waals surface area (Å²) in [4.78, 5) is 25.4. The lowest BCUT2D eigenvalue weighted by Gasteiger charge is -2.17. The zero-order valence-corrected chi connectivity index (χ0v) is 12.8. The van der Waals surface area contributed by atoms with E-state index in [0.717, 1.165) is 16.9 Å². The Kier molecular flexibility index (Phi) is 4.02. The van der Waals surface area contributed by atoms with Gasteiger partial charge in [0.1, 0.15) is 0 Å². The summed E-state index contributed by atoms with van der Waals surface area (Å²) in [6.07, 6.45) is 0.227. The largest absolute Gasteiger partial charge is 0.481 e. The number of hydrogen-bond acceptors (Lipinski definition) is 3. The van der Waals surface area contributed by atoms with Crippen LogP contribution >= 0.6 is 0 Å². The number of pyridine rings is 1. The zero-order valence-electron chi connectivity index (χ0n) is 12.8. The van der Waals surface area contributed by atoms with E-state index >= 15 is 0 Å². The van der Waals surface area contributed by atoms with Crippen LogP contribution in [0.5, 0.6) is 0 Å². The maximum Gasteiger partial charge on any atom is 0.303 e. The van der Waals surface area contributed by atoms with Gasteiger partial charge in [-0.1, -0.05) is 0 Å². The van der Waals surface area contributed by atoms with Crippen molar-refractivity contribution in [3.63, 3.8) is 0 Å². The Balaban J connectivity index is 2.70. The molecule has 5 nitrogen and oxygen atoms in total. The molecule has 1 heterocycles. The molecule has 0 saturated heterocycles. The van der Waals surface area contributed by atoms with Crippen LogP contribution < -0.4 is 10.3 Å². The van der Waals surface area contributed by atoms with Crippen LogP contribution in [-0.2, 0) is 18.3 Å². The standard InChI is InChI=1S/C16H20N2O3/c1-10-12(6-8-15(19)20)16(21)13-9-11(17(2)3)5-7-14(13)18(10)4/h5,7,9H,6,8H2,1-4H3,(H,19,20). The third-order valence-electron chi connectivity index (χ3n) is 3.91. The summed E-state index contributed by atoms with van der Waals surface area (Å²) >= 11 is 0. The fraction of sp³-hybridized carbons (Fsp3) is 0.375. The first-order chi connectivity index (χ1) is 9.82. The van der Waals surface area contributed by atoms with E-state index in [1.54, 1.807) is 0 Å². The average Bonchev–Trinajstić information content (AvgIpc) is 2.44. The minimum atomic E-state index is -0.890. The molecule has 0 radical (unpaired) electrons. The molecule has 0 amide bonds. The number of carbonyl (C=O) groups is 1. The topological polar surface area (TPSA) is 62.5 Å². The molecule has 0 aliphatic heterocycles. The second-order valence-corrected chi connectivity index (χ2v) is 5.44. The smallest absolute Gasteiger partial charge is 0.303 e. The molecule has 0 bridgehead atoms. The summed E-state index contributed by atoms with van der Waals surface area (Å²) in [7, 11) is 5.74. The van der Waals surface area contributed by atoms with Crippen LogP contribution in [0.3, 0.4) is 0 Å². The SMILES string of the molecule is Cc1c(CCC(=O)O)c(=O)c2cc(N(C)C)ccc2n1C. The lowest BCUT2D eigenvalue weighted by molar-refractivity contribution is -0.136. The molecule has 0 fully saturated rings. The highest BCUT2D eigenvalue weighted by molar-refractivity contribution is 5.84. The maximum atomic E-state index is 12.7. The molecule has 0 saturated carbocycles. The number of benzene rings is 1. The van der Waals surface area contributed by atoms with Gasteiger partial charge in [0.05, 0.1) is 5.52 Å². The molecule has 21 heavy (non-hydrogen) atoms. The minimum absolute atomic E-state index is 0.0328. The summed E-state index contributed by atoms with van der Waals surface area (Å²) in [5.41, 5.74) is 3.16. The zero-order chi connectivity index (χ0) is 15.7. The van der Waals surface area contributed by atoms with Gasteiger partial charge in [-0.05, 0) is 31.5 Å². The number of anilines is 1. The van der Waals surface area contributed by atoms with Gasteiger partial charge < -0.3 is 14.6 Å². The molecule has 2 aromatic rings. The highest BCUT2D eigenvalue weighted by atomic mass is 16.4. The predicted molar refractivity (Wildman–Crippen MR) is 84.2 cm³/mol. The van der Waals surface area contributed by atoms with Crippen molar-refractivity contribution in [3.05, 3.63) is 39.7 Å². The van der Waals surface area contributed by atoms with Crippen LogP contribution in [0.25, 0.3) is 10.9 Å². The molecule has 0 atom stereocenters. The summed E-state index contributed by atoms with van der Waals surface area (Å²) < 4.78 is 1.95. The van der Waals surface area contributed by atoms with Crippen LogP contribution in [0.1, 0.15) is 17.7 Å². The Morgan fingerprint density at radius 3 is 2.57 bits per heavy atom. The number of aromatic nitrogens is 1. The van der Waals surface area contributed by atoms with Crippen molar-refractivity contribution in [2.75, 3.05) is 19.0 Å². The van der Waals surface area contributed by atoms with E-state index in [1.165, 1.54) is 0 Å². The number of hydrogen-bond donors (Lipinski definition) is 1. The van der Waals surface area contributed by atoms with Gasteiger partial charge in [0, 0.05) is 49.9 Å². The number of carboxylic acid groups (broad SMARTS) is 1. The number of rotatable bonds is 4. The van der Waals surface area contributed by atoms with E-state index < -0.39 is 5.97 Å². The molecule has 0 spiro atoms. The molecule has 1 aromatic carbocycles. The van der Waals surface area contributed by atoms with Gasteiger partial charge in [-0.3, -0.25) is 9.59 Å². The molecule has 0 aliphatic carbocycles. The Morgan fingerprint density at radius 1 is 1.33 bits per heavy atom. The fourth-order valence-corrected chi connectivity index (χ4v) is 2.51. The van der Waals surface area contributed by atoms with Crippen molar-refractivity contribution in [3.8, 4) is 0 Å². The molecular formula is C16H20N2O3. The van der Waals surface area contributed by atoms with Crippen molar-refractivity contribution >= 4 is 22.6 Å². The number of carboxylic acids is 1. The quantitative estimate of drug-likeness (QED) is 0.933. The molecule has 112 valence electrons. The van der Waals surface area contributed by atoms with Gasteiger partial charge >= 0.3 is 5.97 Å². The number of aryl methyl sites for hydroxylation is 1. The first-order valence-electron chi connectivity index (χ1n) is 6.84. The van der Waals surface area contributed by atoms with Crippen molar-refractivity contribution in [2.45, 2.75) is 19.8 Å². The highest BCUT2D eigenvalue weighted by Gasteiger charge is 2.14.